The van der Waals surface area contributed by atoms with Crippen molar-refractivity contribution < 1.29 is 0 Å². The Balaban J connectivity index is 0.994. The molecule has 0 N–H and O–H groups in total. The van der Waals surface area contributed by atoms with E-state index < -0.39 is 0 Å². The average Bonchev–Trinajstić information content (AvgIpc) is 3.58. The van der Waals surface area contributed by atoms with E-state index in [1.54, 1.807) is 0 Å². The van der Waals surface area contributed by atoms with Crippen molar-refractivity contribution in [2.24, 2.45) is 0 Å². The summed E-state index contributed by atoms with van der Waals surface area (Å²) in [5.41, 5.74) is 17.1. The first-order valence-corrected chi connectivity index (χ1v) is 20.5. The van der Waals surface area contributed by atoms with E-state index in [-0.39, 0.29) is 5.41 Å². The maximum atomic E-state index is 2.39. The van der Waals surface area contributed by atoms with Crippen LogP contribution >= 0.6 is 0 Å². The van der Waals surface area contributed by atoms with E-state index in [0.29, 0.717) is 0 Å². The van der Waals surface area contributed by atoms with Gasteiger partial charge in [0.25, 0.3) is 0 Å². The van der Waals surface area contributed by atoms with Crippen LogP contribution in [-0.2, 0) is 5.41 Å². The van der Waals surface area contributed by atoms with Gasteiger partial charge in [-0.2, -0.15) is 0 Å². The van der Waals surface area contributed by atoms with Crippen molar-refractivity contribution in [3.63, 3.8) is 0 Å². The third-order valence-electron chi connectivity index (χ3n) is 12.5. The van der Waals surface area contributed by atoms with Gasteiger partial charge in [0.2, 0.25) is 0 Å². The highest BCUT2D eigenvalue weighted by Crippen LogP contribution is 2.55. The van der Waals surface area contributed by atoms with Crippen LogP contribution in [0.2, 0.25) is 0 Å². The second-order valence-electron chi connectivity index (χ2n) is 15.8. The van der Waals surface area contributed by atoms with Gasteiger partial charge in [0.15, 0.2) is 0 Å². The van der Waals surface area contributed by atoms with Crippen molar-refractivity contribution in [2.75, 3.05) is 4.90 Å². The van der Waals surface area contributed by atoms with Crippen LogP contribution in [0.15, 0.2) is 231 Å². The molecule has 1 aliphatic carbocycles. The van der Waals surface area contributed by atoms with Crippen LogP contribution in [0, 0.1) is 0 Å². The molecule has 0 aliphatic heterocycles. The van der Waals surface area contributed by atoms with Gasteiger partial charge in [-0.1, -0.05) is 194 Å². The normalized spacial score (nSPS) is 14.3. The van der Waals surface area contributed by atoms with E-state index in [1.165, 1.54) is 82.7 Å². The Morgan fingerprint density at radius 2 is 0.881 bits per heavy atom. The molecule has 0 bridgehead atoms. The zero-order chi connectivity index (χ0) is 39.3. The van der Waals surface area contributed by atoms with Gasteiger partial charge in [0, 0.05) is 22.5 Å². The molecule has 0 fully saturated rings. The van der Waals surface area contributed by atoms with E-state index in [9.17, 15) is 0 Å². The summed E-state index contributed by atoms with van der Waals surface area (Å²) in [5, 5.41) is 4.97. The standard InChI is InChI=1S/C58H41N/c1-58(47-19-3-2-4-20-47)55-26-10-9-23-54(55)57-53(25-13-27-56(57)58)44-33-35-48(36-34-44)59(50-37-32-40-14-5-6-16-45(40)39-50)49-21-11-18-46(38-49)41-28-30-43(31-29-41)52-24-12-17-42-15-7-8-22-51(42)52/h2-39H,1H3. The maximum Gasteiger partial charge on any atom is 0.0468 e. The lowest BCUT2D eigenvalue weighted by molar-refractivity contribution is 0.714. The van der Waals surface area contributed by atoms with Crippen LogP contribution in [-0.4, -0.2) is 0 Å². The first-order valence-electron chi connectivity index (χ1n) is 20.5. The molecule has 10 aromatic rings. The molecule has 1 unspecified atom stereocenters. The lowest BCUT2D eigenvalue weighted by Gasteiger charge is -2.28. The second-order valence-corrected chi connectivity index (χ2v) is 15.8. The molecular formula is C58H41N. The van der Waals surface area contributed by atoms with Gasteiger partial charge in [0.1, 0.15) is 0 Å². The maximum absolute atomic E-state index is 2.39. The minimum atomic E-state index is -0.239. The monoisotopic (exact) mass is 751 g/mol. The molecule has 0 amide bonds. The molecule has 0 spiro atoms. The van der Waals surface area contributed by atoms with Gasteiger partial charge in [-0.25, -0.2) is 0 Å². The van der Waals surface area contributed by atoms with E-state index >= 15 is 0 Å². The van der Waals surface area contributed by atoms with Crippen molar-refractivity contribution in [1.29, 1.82) is 0 Å². The number of fused-ring (bicyclic) bond motifs is 5. The summed E-state index contributed by atoms with van der Waals surface area (Å²) in [5.74, 6) is 0. The Morgan fingerprint density at radius 3 is 1.73 bits per heavy atom. The predicted molar refractivity (Wildman–Crippen MR) is 250 cm³/mol. The zero-order valence-electron chi connectivity index (χ0n) is 32.9. The molecule has 1 heteroatoms. The van der Waals surface area contributed by atoms with Crippen molar-refractivity contribution >= 4 is 38.6 Å². The van der Waals surface area contributed by atoms with E-state index in [0.717, 1.165) is 17.1 Å². The fraction of sp³-hybridized carbons (Fsp3) is 0.0345. The number of anilines is 3. The molecule has 1 aliphatic rings. The molecule has 1 nitrogen and oxygen atoms in total. The van der Waals surface area contributed by atoms with Gasteiger partial charge in [-0.15, -0.1) is 0 Å². The molecule has 0 saturated heterocycles. The second kappa shape index (κ2) is 14.2. The predicted octanol–water partition coefficient (Wildman–Crippen LogP) is 15.8. The van der Waals surface area contributed by atoms with Crippen LogP contribution in [0.5, 0.6) is 0 Å². The highest BCUT2D eigenvalue weighted by molar-refractivity contribution is 5.98. The molecule has 278 valence electrons. The van der Waals surface area contributed by atoms with Crippen LogP contribution in [0.25, 0.3) is 66.1 Å². The summed E-state index contributed by atoms with van der Waals surface area (Å²) in [6, 6.07) is 84.5. The van der Waals surface area contributed by atoms with Gasteiger partial charge >= 0.3 is 0 Å². The zero-order valence-corrected chi connectivity index (χ0v) is 32.9. The summed E-state index contributed by atoms with van der Waals surface area (Å²) in [4.78, 5) is 2.39. The van der Waals surface area contributed by atoms with Crippen LogP contribution in [0.1, 0.15) is 23.6 Å². The smallest absolute Gasteiger partial charge is 0.0468 e. The minimum Gasteiger partial charge on any atom is -0.310 e. The Hall–Kier alpha value is -7.48. The topological polar surface area (TPSA) is 3.24 Å². The highest BCUT2D eigenvalue weighted by atomic mass is 15.1. The molecular weight excluding hydrogens is 711 g/mol. The lowest BCUT2D eigenvalue weighted by atomic mass is 9.74. The Kier molecular flexibility index (Phi) is 8.34. The quantitative estimate of drug-likeness (QED) is 0.157. The molecule has 0 aromatic heterocycles. The number of hydrogen-bond acceptors (Lipinski definition) is 1. The molecule has 59 heavy (non-hydrogen) atoms. The lowest BCUT2D eigenvalue weighted by Crippen LogP contribution is -2.22. The van der Waals surface area contributed by atoms with Crippen molar-refractivity contribution in [3.8, 4) is 44.5 Å². The number of benzene rings is 10. The first-order chi connectivity index (χ1) is 29.1. The van der Waals surface area contributed by atoms with E-state index in [2.05, 4.69) is 242 Å². The van der Waals surface area contributed by atoms with Gasteiger partial charge in [-0.3, -0.25) is 0 Å². The minimum absolute atomic E-state index is 0.239. The Bertz CT molecular complexity index is 3150. The molecule has 1 atom stereocenters. The molecule has 0 radical (unpaired) electrons. The van der Waals surface area contributed by atoms with Crippen LogP contribution in [0.3, 0.4) is 0 Å². The first kappa shape index (κ1) is 34.7. The molecule has 0 saturated carbocycles. The third kappa shape index (κ3) is 5.86. The largest absolute Gasteiger partial charge is 0.310 e. The molecule has 10 aromatic carbocycles. The van der Waals surface area contributed by atoms with Crippen molar-refractivity contribution in [3.05, 3.63) is 247 Å². The number of nitrogens with zero attached hydrogens (tertiary/aromatic N) is 1. The van der Waals surface area contributed by atoms with Crippen molar-refractivity contribution in [2.45, 2.75) is 12.3 Å². The molecule has 0 heterocycles. The van der Waals surface area contributed by atoms with Crippen molar-refractivity contribution in [1.82, 2.24) is 0 Å². The highest BCUT2D eigenvalue weighted by Gasteiger charge is 2.41. The SMILES string of the molecule is CC1(c2ccccc2)c2ccccc2-c2c(-c3ccc(N(c4cccc(-c5ccc(-c6cccc7ccccc67)cc5)c4)c4ccc5ccccc5c4)cc3)cccc21. The summed E-state index contributed by atoms with van der Waals surface area (Å²) in [6.45, 7) is 2.38. The summed E-state index contributed by atoms with van der Waals surface area (Å²) in [7, 11) is 0. The van der Waals surface area contributed by atoms with E-state index in [4.69, 9.17) is 0 Å². The Labute approximate surface area is 346 Å². The summed E-state index contributed by atoms with van der Waals surface area (Å²) in [6.07, 6.45) is 0. The van der Waals surface area contributed by atoms with Gasteiger partial charge in [-0.05, 0) is 126 Å². The van der Waals surface area contributed by atoms with E-state index in [1.807, 2.05) is 0 Å². The third-order valence-corrected chi connectivity index (χ3v) is 12.5. The molecule has 11 rings (SSSR count). The number of hydrogen-bond donors (Lipinski definition) is 0. The van der Waals surface area contributed by atoms with Gasteiger partial charge < -0.3 is 4.90 Å². The van der Waals surface area contributed by atoms with Crippen LogP contribution < -0.4 is 4.90 Å². The summed E-state index contributed by atoms with van der Waals surface area (Å²) >= 11 is 0. The fourth-order valence-corrected chi connectivity index (χ4v) is 9.56. The average molecular weight is 752 g/mol. The van der Waals surface area contributed by atoms with Crippen LogP contribution in [0.4, 0.5) is 17.1 Å². The number of rotatable bonds is 7. The summed E-state index contributed by atoms with van der Waals surface area (Å²) < 4.78 is 0. The van der Waals surface area contributed by atoms with Gasteiger partial charge in [0.05, 0.1) is 0 Å². The Morgan fingerprint density at radius 1 is 0.322 bits per heavy atom. The fourth-order valence-electron chi connectivity index (χ4n) is 9.56.